The van der Waals surface area contributed by atoms with Gasteiger partial charge in [0.05, 0.1) is 33.2 Å². The molecule has 0 saturated carbocycles. The van der Waals surface area contributed by atoms with Gasteiger partial charge in [0.15, 0.2) is 0 Å². The van der Waals surface area contributed by atoms with Gasteiger partial charge >= 0.3 is 0 Å². The number of para-hydroxylation sites is 4. The minimum atomic E-state index is 0.366. The molecule has 0 amide bonds. The molecule has 4 heteroatoms. The third kappa shape index (κ3) is 3.27. The van der Waals surface area contributed by atoms with E-state index in [1.54, 1.807) is 6.07 Å². The summed E-state index contributed by atoms with van der Waals surface area (Å²) >= 11 is 0. The van der Waals surface area contributed by atoms with Crippen LogP contribution in [0.2, 0.25) is 0 Å². The fraction of sp³-hybridized carbons (Fsp3) is 0. The lowest BCUT2D eigenvalue weighted by Crippen LogP contribution is -2.01. The van der Waals surface area contributed by atoms with E-state index in [-0.39, 0.29) is 0 Å². The first-order valence-corrected chi connectivity index (χ1v) is 13.8. The van der Waals surface area contributed by atoms with Crippen LogP contribution in [-0.4, -0.2) is 9.13 Å². The quantitative estimate of drug-likeness (QED) is 0.227. The molecule has 0 saturated heterocycles. The maximum Gasteiger partial charge on any atom is 0.101 e. The molecular formula is C38H22N4. The first-order valence-electron chi connectivity index (χ1n) is 13.8. The Morgan fingerprint density at radius 2 is 0.952 bits per heavy atom. The molecule has 42 heavy (non-hydrogen) atoms. The van der Waals surface area contributed by atoms with Crippen molar-refractivity contribution in [3.8, 4) is 34.6 Å². The highest BCUT2D eigenvalue weighted by atomic mass is 15.0. The van der Waals surface area contributed by atoms with Crippen molar-refractivity contribution in [3.63, 3.8) is 0 Å². The monoisotopic (exact) mass is 534 g/mol. The molecule has 4 nitrogen and oxygen atoms in total. The van der Waals surface area contributed by atoms with Crippen LogP contribution in [0.5, 0.6) is 0 Å². The summed E-state index contributed by atoms with van der Waals surface area (Å²) in [4.78, 5) is 0. The third-order valence-electron chi connectivity index (χ3n) is 8.18. The maximum atomic E-state index is 10.5. The van der Waals surface area contributed by atoms with E-state index in [2.05, 4.69) is 100 Å². The Bertz CT molecular complexity index is 2280. The Hall–Kier alpha value is -6.10. The Balaban J connectivity index is 1.74. The predicted molar refractivity (Wildman–Crippen MR) is 170 cm³/mol. The minimum Gasteiger partial charge on any atom is -0.309 e. The Kier molecular flexibility index (Phi) is 5.22. The molecule has 0 N–H and O–H groups in total. The van der Waals surface area contributed by atoms with Gasteiger partial charge in [-0.1, -0.05) is 84.9 Å². The van der Waals surface area contributed by atoms with Gasteiger partial charge in [0.1, 0.15) is 12.1 Å². The molecule has 0 radical (unpaired) electrons. The third-order valence-corrected chi connectivity index (χ3v) is 8.18. The number of aromatic nitrogens is 2. The van der Waals surface area contributed by atoms with Gasteiger partial charge < -0.3 is 9.13 Å². The van der Waals surface area contributed by atoms with Gasteiger partial charge in [-0.25, -0.2) is 0 Å². The second kappa shape index (κ2) is 9.24. The topological polar surface area (TPSA) is 57.4 Å². The molecular weight excluding hydrogens is 512 g/mol. The maximum absolute atomic E-state index is 10.5. The lowest BCUT2D eigenvalue weighted by Gasteiger charge is -2.17. The zero-order chi connectivity index (χ0) is 28.2. The highest BCUT2D eigenvalue weighted by Crippen LogP contribution is 2.47. The number of hydrogen-bond donors (Lipinski definition) is 0. The second-order valence-electron chi connectivity index (χ2n) is 10.4. The first kappa shape index (κ1) is 23.8. The summed E-state index contributed by atoms with van der Waals surface area (Å²) in [5, 5.41) is 25.0. The SMILES string of the molecule is N#Cc1cccc(-c2c3c(cc4c5ccccc5n(-c5ccccc5)c24)c2ccccc2n3-c2ccccc2)c1C#N. The first-order chi connectivity index (χ1) is 20.8. The summed E-state index contributed by atoms with van der Waals surface area (Å²) in [6.07, 6.45) is 0. The van der Waals surface area contributed by atoms with Crippen LogP contribution >= 0.6 is 0 Å². The standard InChI is InChI=1S/C38H22N4/c39-23-25-12-11-19-30(33(25)24-40)36-37-31(28-17-7-9-20-34(28)41(37)26-13-3-1-4-14-26)22-32-29-18-8-10-21-35(29)42(38(32)36)27-15-5-2-6-16-27/h1-22H. The zero-order valence-corrected chi connectivity index (χ0v) is 22.5. The summed E-state index contributed by atoms with van der Waals surface area (Å²) < 4.78 is 4.60. The summed E-state index contributed by atoms with van der Waals surface area (Å²) in [5.74, 6) is 0. The van der Waals surface area contributed by atoms with Gasteiger partial charge in [0.2, 0.25) is 0 Å². The summed E-state index contributed by atoms with van der Waals surface area (Å²) in [5.41, 5.74) is 8.64. The Morgan fingerprint density at radius 1 is 0.452 bits per heavy atom. The molecule has 194 valence electrons. The van der Waals surface area contributed by atoms with Crippen LogP contribution in [0.15, 0.2) is 133 Å². The molecule has 6 aromatic carbocycles. The van der Waals surface area contributed by atoms with E-state index in [0.717, 1.165) is 66.1 Å². The molecule has 0 fully saturated rings. The lowest BCUT2D eigenvalue weighted by molar-refractivity contribution is 1.16. The summed E-state index contributed by atoms with van der Waals surface area (Å²) in [6.45, 7) is 0. The van der Waals surface area contributed by atoms with Gasteiger partial charge in [-0.15, -0.1) is 0 Å². The van der Waals surface area contributed by atoms with Crippen molar-refractivity contribution in [1.29, 1.82) is 10.5 Å². The largest absolute Gasteiger partial charge is 0.309 e. The number of benzene rings is 6. The van der Waals surface area contributed by atoms with Crippen LogP contribution < -0.4 is 0 Å². The lowest BCUT2D eigenvalue weighted by atomic mass is 9.92. The van der Waals surface area contributed by atoms with Crippen LogP contribution in [0.4, 0.5) is 0 Å². The van der Waals surface area contributed by atoms with Gasteiger partial charge in [-0.3, -0.25) is 0 Å². The average Bonchev–Trinajstić information content (AvgIpc) is 3.57. The Labute approximate surface area is 242 Å². The fourth-order valence-corrected chi connectivity index (χ4v) is 6.49. The molecule has 0 aliphatic carbocycles. The smallest absolute Gasteiger partial charge is 0.101 e. The molecule has 0 spiro atoms. The molecule has 0 aliphatic heterocycles. The van der Waals surface area contributed by atoms with E-state index in [0.29, 0.717) is 11.1 Å². The van der Waals surface area contributed by atoms with E-state index in [9.17, 15) is 10.5 Å². The molecule has 0 bridgehead atoms. The Morgan fingerprint density at radius 3 is 1.45 bits per heavy atom. The van der Waals surface area contributed by atoms with Gasteiger partial charge in [0, 0.05) is 44.0 Å². The zero-order valence-electron chi connectivity index (χ0n) is 22.5. The van der Waals surface area contributed by atoms with Crippen molar-refractivity contribution in [1.82, 2.24) is 9.13 Å². The van der Waals surface area contributed by atoms with E-state index in [4.69, 9.17) is 0 Å². The molecule has 8 aromatic rings. The highest BCUT2D eigenvalue weighted by Gasteiger charge is 2.26. The minimum absolute atomic E-state index is 0.366. The van der Waals surface area contributed by atoms with Crippen LogP contribution in [0, 0.1) is 22.7 Å². The molecule has 0 aliphatic rings. The van der Waals surface area contributed by atoms with Crippen LogP contribution in [-0.2, 0) is 0 Å². The average molecular weight is 535 g/mol. The molecule has 0 atom stereocenters. The van der Waals surface area contributed by atoms with Crippen molar-refractivity contribution in [2.24, 2.45) is 0 Å². The van der Waals surface area contributed by atoms with Crippen LogP contribution in [0.25, 0.3) is 66.1 Å². The van der Waals surface area contributed by atoms with Crippen molar-refractivity contribution >= 4 is 43.6 Å². The molecule has 0 unspecified atom stereocenters. The number of nitrogens with zero attached hydrogens (tertiary/aromatic N) is 4. The van der Waals surface area contributed by atoms with Gasteiger partial charge in [0.25, 0.3) is 0 Å². The van der Waals surface area contributed by atoms with Crippen LogP contribution in [0.1, 0.15) is 11.1 Å². The second-order valence-corrected chi connectivity index (χ2v) is 10.4. The van der Waals surface area contributed by atoms with Crippen molar-refractivity contribution < 1.29 is 0 Å². The highest BCUT2D eigenvalue weighted by molar-refractivity contribution is 6.26. The van der Waals surface area contributed by atoms with Crippen molar-refractivity contribution in [2.45, 2.75) is 0 Å². The van der Waals surface area contributed by atoms with Crippen molar-refractivity contribution in [2.75, 3.05) is 0 Å². The number of nitriles is 2. The fourth-order valence-electron chi connectivity index (χ4n) is 6.49. The summed E-state index contributed by atoms with van der Waals surface area (Å²) in [6, 6.07) is 50.1. The molecule has 2 aromatic heterocycles. The number of hydrogen-bond acceptors (Lipinski definition) is 2. The predicted octanol–water partition coefficient (Wildman–Crippen LogP) is 9.29. The molecule has 2 heterocycles. The van der Waals surface area contributed by atoms with E-state index in [1.165, 1.54) is 0 Å². The van der Waals surface area contributed by atoms with E-state index < -0.39 is 0 Å². The molecule has 8 rings (SSSR count). The van der Waals surface area contributed by atoms with Gasteiger partial charge in [-0.2, -0.15) is 10.5 Å². The van der Waals surface area contributed by atoms with Gasteiger partial charge in [-0.05, 0) is 48.5 Å². The van der Waals surface area contributed by atoms with Crippen molar-refractivity contribution in [3.05, 3.63) is 145 Å². The van der Waals surface area contributed by atoms with Crippen LogP contribution in [0.3, 0.4) is 0 Å². The number of fused-ring (bicyclic) bond motifs is 6. The normalized spacial score (nSPS) is 11.3. The van der Waals surface area contributed by atoms with E-state index in [1.807, 2.05) is 48.5 Å². The van der Waals surface area contributed by atoms with E-state index >= 15 is 0 Å². The number of rotatable bonds is 3. The summed E-state index contributed by atoms with van der Waals surface area (Å²) in [7, 11) is 0.